The van der Waals surface area contributed by atoms with Gasteiger partial charge in [0.05, 0.1) is 23.3 Å². The molecule has 1 atom stereocenters. The highest BCUT2D eigenvalue weighted by Gasteiger charge is 2.08. The van der Waals surface area contributed by atoms with Crippen LogP contribution in [-0.2, 0) is 6.54 Å². The minimum absolute atomic E-state index is 0.508. The van der Waals surface area contributed by atoms with E-state index in [1.807, 2.05) is 24.3 Å². The molecule has 0 fully saturated rings. The Kier molecular flexibility index (Phi) is 2.56. The summed E-state index contributed by atoms with van der Waals surface area (Å²) >= 11 is 0. The number of aromatic amines is 1. The number of benzene rings is 1. The van der Waals surface area contributed by atoms with Gasteiger partial charge in [-0.15, -0.1) is 5.10 Å². The van der Waals surface area contributed by atoms with Crippen LogP contribution in [0.2, 0.25) is 0 Å². The molecule has 0 aliphatic rings. The Morgan fingerprint density at radius 3 is 2.94 bits per heavy atom. The van der Waals surface area contributed by atoms with E-state index in [1.165, 1.54) is 0 Å². The number of nitrogens with one attached hydrogen (secondary N) is 1. The number of aromatic nitrogens is 5. The van der Waals surface area contributed by atoms with Gasteiger partial charge in [-0.1, -0.05) is 17.3 Å². The summed E-state index contributed by atoms with van der Waals surface area (Å²) in [5, 5.41) is 17.2. The Bertz CT molecular complexity index is 637. The molecule has 2 N–H and O–H groups in total. The van der Waals surface area contributed by atoms with Gasteiger partial charge in [0.25, 0.3) is 0 Å². The van der Waals surface area contributed by atoms with Crippen LogP contribution in [-0.4, -0.2) is 30.1 Å². The van der Waals surface area contributed by atoms with Gasteiger partial charge in [0, 0.05) is 0 Å². The molecule has 0 amide bonds. The van der Waals surface area contributed by atoms with Gasteiger partial charge in [-0.3, -0.25) is 0 Å². The maximum absolute atomic E-state index is 9.38. The van der Waals surface area contributed by atoms with Crippen LogP contribution < -0.4 is 0 Å². The Balaban J connectivity index is 1.86. The summed E-state index contributed by atoms with van der Waals surface area (Å²) in [5.41, 5.74) is 2.50. The second-order valence-corrected chi connectivity index (χ2v) is 4.22. The van der Waals surface area contributed by atoms with Gasteiger partial charge in [0.1, 0.15) is 18.1 Å². The highest BCUT2D eigenvalue weighted by atomic mass is 16.3. The van der Waals surface area contributed by atoms with Crippen molar-refractivity contribution in [1.29, 1.82) is 0 Å². The van der Waals surface area contributed by atoms with Gasteiger partial charge in [-0.05, 0) is 19.1 Å². The molecule has 0 spiro atoms. The lowest BCUT2D eigenvalue weighted by Crippen LogP contribution is -2.02. The molecule has 1 unspecified atom stereocenters. The summed E-state index contributed by atoms with van der Waals surface area (Å²) in [6, 6.07) is 7.85. The number of aliphatic hydroxyl groups excluding tert-OH is 1. The van der Waals surface area contributed by atoms with Crippen molar-refractivity contribution in [2.75, 3.05) is 0 Å². The molecule has 92 valence electrons. The van der Waals surface area contributed by atoms with Crippen molar-refractivity contribution < 1.29 is 5.11 Å². The van der Waals surface area contributed by atoms with Gasteiger partial charge < -0.3 is 10.1 Å². The summed E-state index contributed by atoms with van der Waals surface area (Å²) in [4.78, 5) is 7.68. The number of rotatable bonds is 3. The van der Waals surface area contributed by atoms with Gasteiger partial charge in [0.15, 0.2) is 0 Å². The molecule has 2 heterocycles. The molecule has 2 aromatic heterocycles. The maximum Gasteiger partial charge on any atom is 0.129 e. The number of H-pyrrole nitrogens is 1. The van der Waals surface area contributed by atoms with E-state index in [4.69, 9.17) is 0 Å². The molecule has 18 heavy (non-hydrogen) atoms. The summed E-state index contributed by atoms with van der Waals surface area (Å²) in [6.07, 6.45) is 1.12. The van der Waals surface area contributed by atoms with Crippen LogP contribution in [0.5, 0.6) is 0 Å². The largest absolute Gasteiger partial charge is 0.387 e. The van der Waals surface area contributed by atoms with Crippen molar-refractivity contribution in [2.45, 2.75) is 19.6 Å². The lowest BCUT2D eigenvalue weighted by atomic mass is 10.3. The van der Waals surface area contributed by atoms with Gasteiger partial charge in [-0.2, -0.15) is 0 Å². The fraction of sp³-hybridized carbons (Fsp3) is 0.250. The minimum atomic E-state index is -0.602. The minimum Gasteiger partial charge on any atom is -0.387 e. The lowest BCUT2D eigenvalue weighted by molar-refractivity contribution is 0.194. The van der Waals surface area contributed by atoms with E-state index in [2.05, 4.69) is 20.3 Å². The monoisotopic (exact) mass is 243 g/mol. The van der Waals surface area contributed by atoms with E-state index >= 15 is 0 Å². The smallest absolute Gasteiger partial charge is 0.129 e. The molecule has 0 bridgehead atoms. The van der Waals surface area contributed by atoms with Crippen molar-refractivity contribution in [3.63, 3.8) is 0 Å². The first kappa shape index (κ1) is 10.9. The fourth-order valence-electron chi connectivity index (χ4n) is 1.82. The van der Waals surface area contributed by atoms with Crippen LogP contribution in [0.4, 0.5) is 0 Å². The molecule has 0 saturated heterocycles. The molecular formula is C12H13N5O. The van der Waals surface area contributed by atoms with Crippen molar-refractivity contribution >= 4 is 11.0 Å². The molecule has 3 rings (SSSR count). The van der Waals surface area contributed by atoms with Crippen LogP contribution in [0.1, 0.15) is 24.5 Å². The Morgan fingerprint density at radius 2 is 2.22 bits per heavy atom. The van der Waals surface area contributed by atoms with E-state index in [1.54, 1.807) is 17.8 Å². The number of hydrogen-bond donors (Lipinski definition) is 2. The second-order valence-electron chi connectivity index (χ2n) is 4.22. The average molecular weight is 243 g/mol. The molecule has 0 aliphatic carbocycles. The van der Waals surface area contributed by atoms with Crippen molar-refractivity contribution in [3.8, 4) is 0 Å². The summed E-state index contributed by atoms with van der Waals surface area (Å²) < 4.78 is 1.65. The van der Waals surface area contributed by atoms with Crippen molar-refractivity contribution in [3.05, 3.63) is 42.0 Å². The first-order valence-corrected chi connectivity index (χ1v) is 5.74. The number of nitrogens with zero attached hydrogens (tertiary/aromatic N) is 4. The standard InChI is InChI=1S/C12H13N5O/c1-8(18)11-6-17(16-15-11)7-12-13-9-4-2-3-5-10(9)14-12/h2-6,8,18H,7H2,1H3,(H,13,14). The molecule has 0 saturated carbocycles. The SMILES string of the molecule is CC(O)c1cn(Cc2nc3ccccc3[nH]2)nn1. The Labute approximate surface area is 103 Å². The zero-order valence-corrected chi connectivity index (χ0v) is 9.91. The van der Waals surface area contributed by atoms with Gasteiger partial charge in [0.2, 0.25) is 0 Å². The van der Waals surface area contributed by atoms with Crippen LogP contribution in [0.25, 0.3) is 11.0 Å². The van der Waals surface area contributed by atoms with Crippen LogP contribution in [0.3, 0.4) is 0 Å². The van der Waals surface area contributed by atoms with Gasteiger partial charge >= 0.3 is 0 Å². The number of aliphatic hydroxyl groups is 1. The lowest BCUT2D eigenvalue weighted by Gasteiger charge is -1.96. The topological polar surface area (TPSA) is 79.6 Å². The zero-order chi connectivity index (χ0) is 12.5. The quantitative estimate of drug-likeness (QED) is 0.725. The maximum atomic E-state index is 9.38. The second kappa shape index (κ2) is 4.23. The predicted octanol–water partition coefficient (Wildman–Crippen LogP) is 1.26. The Morgan fingerprint density at radius 1 is 1.39 bits per heavy atom. The average Bonchev–Trinajstić information content (AvgIpc) is 2.94. The summed E-state index contributed by atoms with van der Waals surface area (Å²) in [7, 11) is 0. The number of imidazole rings is 1. The van der Waals surface area contributed by atoms with Crippen LogP contribution >= 0.6 is 0 Å². The highest BCUT2D eigenvalue weighted by Crippen LogP contribution is 2.12. The van der Waals surface area contributed by atoms with Crippen LogP contribution in [0, 0.1) is 0 Å². The fourth-order valence-corrected chi connectivity index (χ4v) is 1.82. The first-order valence-electron chi connectivity index (χ1n) is 5.74. The van der Waals surface area contributed by atoms with Crippen molar-refractivity contribution in [2.24, 2.45) is 0 Å². The van der Waals surface area contributed by atoms with E-state index in [9.17, 15) is 5.11 Å². The molecule has 0 aliphatic heterocycles. The Hall–Kier alpha value is -2.21. The highest BCUT2D eigenvalue weighted by molar-refractivity contribution is 5.74. The number of fused-ring (bicyclic) bond motifs is 1. The van der Waals surface area contributed by atoms with Crippen molar-refractivity contribution in [1.82, 2.24) is 25.0 Å². The molecule has 1 aromatic carbocycles. The van der Waals surface area contributed by atoms with E-state index < -0.39 is 6.10 Å². The molecule has 3 aromatic rings. The third-order valence-corrected chi connectivity index (χ3v) is 2.73. The summed E-state index contributed by atoms with van der Waals surface area (Å²) in [5.74, 6) is 0.818. The third-order valence-electron chi connectivity index (χ3n) is 2.73. The van der Waals surface area contributed by atoms with E-state index in [0.717, 1.165) is 16.9 Å². The predicted molar refractivity (Wildman–Crippen MR) is 65.9 cm³/mol. The van der Waals surface area contributed by atoms with Crippen LogP contribution in [0.15, 0.2) is 30.5 Å². The van der Waals surface area contributed by atoms with Gasteiger partial charge in [-0.25, -0.2) is 9.67 Å². The first-order chi connectivity index (χ1) is 8.72. The molecular weight excluding hydrogens is 230 g/mol. The number of para-hydroxylation sites is 2. The van der Waals surface area contributed by atoms with E-state index in [-0.39, 0.29) is 0 Å². The normalized spacial score (nSPS) is 13.0. The molecule has 6 nitrogen and oxygen atoms in total. The summed E-state index contributed by atoms with van der Waals surface area (Å²) in [6.45, 7) is 2.17. The van der Waals surface area contributed by atoms with E-state index in [0.29, 0.717) is 12.2 Å². The molecule has 0 radical (unpaired) electrons. The third kappa shape index (κ3) is 1.98. The zero-order valence-electron chi connectivity index (χ0n) is 9.91. The molecule has 6 heteroatoms. The number of hydrogen-bond acceptors (Lipinski definition) is 4.